The van der Waals surface area contributed by atoms with Crippen LogP contribution in [0.4, 0.5) is 10.1 Å². The monoisotopic (exact) mass is 385 g/mol. The van der Waals surface area contributed by atoms with Gasteiger partial charge in [-0.1, -0.05) is 66.7 Å². The van der Waals surface area contributed by atoms with Crippen LogP contribution in [0.15, 0.2) is 85.1 Å². The Hall–Kier alpha value is -3.73. The molecule has 1 heterocycles. The first-order valence-corrected chi connectivity index (χ1v) is 9.34. The number of hydrogen-bond donors (Lipinski definition) is 1. The van der Waals surface area contributed by atoms with Gasteiger partial charge in [-0.05, 0) is 30.2 Å². The van der Waals surface area contributed by atoms with Crippen molar-refractivity contribution in [2.75, 3.05) is 5.32 Å². The maximum absolute atomic E-state index is 14.1. The van der Waals surface area contributed by atoms with Gasteiger partial charge in [0.2, 0.25) is 0 Å². The van der Waals surface area contributed by atoms with E-state index in [0.717, 1.165) is 16.7 Å². The summed E-state index contributed by atoms with van der Waals surface area (Å²) in [4.78, 5) is 13.0. The summed E-state index contributed by atoms with van der Waals surface area (Å²) in [5, 5.41) is 7.33. The Morgan fingerprint density at radius 1 is 1.00 bits per heavy atom. The lowest BCUT2D eigenvalue weighted by Crippen LogP contribution is -2.13. The molecule has 4 aromatic rings. The largest absolute Gasteiger partial charge is 0.319 e. The summed E-state index contributed by atoms with van der Waals surface area (Å²) in [6.07, 6.45) is 1.71. The number of nitrogens with one attached hydrogen (secondary N) is 1. The van der Waals surface area contributed by atoms with Crippen molar-refractivity contribution < 1.29 is 9.18 Å². The molecule has 3 aromatic carbocycles. The predicted octanol–water partition coefficient (Wildman–Crippen LogP) is 5.30. The van der Waals surface area contributed by atoms with E-state index in [1.165, 1.54) is 6.07 Å². The number of benzene rings is 3. The number of nitrogens with zero attached hydrogens (tertiary/aromatic N) is 2. The highest BCUT2D eigenvalue weighted by Crippen LogP contribution is 2.24. The number of amides is 1. The zero-order valence-electron chi connectivity index (χ0n) is 16.0. The molecule has 0 aliphatic heterocycles. The van der Waals surface area contributed by atoms with Crippen LogP contribution in [0.5, 0.6) is 0 Å². The van der Waals surface area contributed by atoms with E-state index >= 15 is 0 Å². The van der Waals surface area contributed by atoms with Gasteiger partial charge >= 0.3 is 0 Å². The third-order valence-corrected chi connectivity index (χ3v) is 4.61. The van der Waals surface area contributed by atoms with Gasteiger partial charge in [0.1, 0.15) is 11.5 Å². The summed E-state index contributed by atoms with van der Waals surface area (Å²) >= 11 is 0. The lowest BCUT2D eigenvalue weighted by Gasteiger charge is -2.07. The second-order valence-corrected chi connectivity index (χ2v) is 6.88. The Balaban J connectivity index is 1.70. The molecule has 0 unspecified atom stereocenters. The number of anilines is 1. The second-order valence-electron chi connectivity index (χ2n) is 6.88. The molecule has 0 atom stereocenters. The van der Waals surface area contributed by atoms with Crippen LogP contribution in [0, 0.1) is 12.7 Å². The van der Waals surface area contributed by atoms with E-state index < -0.39 is 11.7 Å². The molecule has 0 saturated carbocycles. The van der Waals surface area contributed by atoms with E-state index in [0.29, 0.717) is 17.8 Å². The lowest BCUT2D eigenvalue weighted by molar-refractivity contribution is 0.102. The zero-order valence-corrected chi connectivity index (χ0v) is 16.0. The molecule has 0 spiro atoms. The fourth-order valence-corrected chi connectivity index (χ4v) is 3.17. The molecule has 4 nitrogen and oxygen atoms in total. The van der Waals surface area contributed by atoms with Crippen LogP contribution in [-0.4, -0.2) is 15.7 Å². The van der Waals surface area contributed by atoms with Gasteiger partial charge in [-0.15, -0.1) is 0 Å². The van der Waals surface area contributed by atoms with Crippen molar-refractivity contribution in [3.05, 3.63) is 108 Å². The fraction of sp³-hybridized carbons (Fsp3) is 0.0833. The van der Waals surface area contributed by atoms with Crippen molar-refractivity contribution >= 4 is 11.6 Å². The number of halogens is 1. The van der Waals surface area contributed by atoms with Crippen molar-refractivity contribution in [1.82, 2.24) is 9.78 Å². The molecule has 5 heteroatoms. The standard InChI is InChI=1S/C24H20FN3O/c1-17-12-13-21(25)22(14-17)26-24(29)20-16-28(15-18-8-4-2-5-9-18)27-23(20)19-10-6-3-7-11-19/h2-14,16H,15H2,1H3,(H,26,29). The van der Waals surface area contributed by atoms with Crippen molar-refractivity contribution in [1.29, 1.82) is 0 Å². The summed E-state index contributed by atoms with van der Waals surface area (Å²) < 4.78 is 15.9. The molecule has 0 aliphatic rings. The average Bonchev–Trinajstić information content (AvgIpc) is 3.16. The highest BCUT2D eigenvalue weighted by molar-refractivity contribution is 6.08. The van der Waals surface area contributed by atoms with Gasteiger partial charge in [0.25, 0.3) is 5.91 Å². The van der Waals surface area contributed by atoms with Crippen molar-refractivity contribution in [3.63, 3.8) is 0 Å². The first kappa shape index (κ1) is 18.6. The molecule has 0 bridgehead atoms. The fourth-order valence-electron chi connectivity index (χ4n) is 3.17. The van der Waals surface area contributed by atoms with Crippen LogP contribution in [0.3, 0.4) is 0 Å². The minimum atomic E-state index is -0.470. The Bertz CT molecular complexity index is 1140. The molecule has 4 rings (SSSR count). The van der Waals surface area contributed by atoms with Crippen LogP contribution in [0.25, 0.3) is 11.3 Å². The van der Waals surface area contributed by atoms with Crippen molar-refractivity contribution in [2.45, 2.75) is 13.5 Å². The Morgan fingerprint density at radius 2 is 1.69 bits per heavy atom. The molecule has 144 valence electrons. The van der Waals surface area contributed by atoms with Gasteiger partial charge in [-0.25, -0.2) is 4.39 Å². The summed E-state index contributed by atoms with van der Waals surface area (Å²) in [6.45, 7) is 2.38. The highest BCUT2D eigenvalue weighted by atomic mass is 19.1. The summed E-state index contributed by atoms with van der Waals surface area (Å²) in [7, 11) is 0. The normalized spacial score (nSPS) is 10.7. The smallest absolute Gasteiger partial charge is 0.259 e. The van der Waals surface area contributed by atoms with Crippen molar-refractivity contribution in [3.8, 4) is 11.3 Å². The second kappa shape index (κ2) is 8.10. The highest BCUT2D eigenvalue weighted by Gasteiger charge is 2.19. The molecule has 0 aliphatic carbocycles. The van der Waals surface area contributed by atoms with Crippen LogP contribution in [0.2, 0.25) is 0 Å². The molecule has 1 aromatic heterocycles. The average molecular weight is 385 g/mol. The van der Waals surface area contributed by atoms with Crippen molar-refractivity contribution in [2.24, 2.45) is 0 Å². The molecule has 0 fully saturated rings. The van der Waals surface area contributed by atoms with E-state index in [9.17, 15) is 9.18 Å². The maximum atomic E-state index is 14.1. The molecule has 0 radical (unpaired) electrons. The number of rotatable bonds is 5. The molecule has 29 heavy (non-hydrogen) atoms. The van der Waals surface area contributed by atoms with Crippen LogP contribution in [0.1, 0.15) is 21.5 Å². The number of aromatic nitrogens is 2. The lowest BCUT2D eigenvalue weighted by atomic mass is 10.1. The minimum absolute atomic E-state index is 0.157. The number of aryl methyl sites for hydroxylation is 1. The topological polar surface area (TPSA) is 46.9 Å². The Kier molecular flexibility index (Phi) is 5.20. The maximum Gasteiger partial charge on any atom is 0.259 e. The Labute approximate surface area is 168 Å². The number of hydrogen-bond acceptors (Lipinski definition) is 2. The number of carbonyl (C=O) groups is 1. The third-order valence-electron chi connectivity index (χ3n) is 4.61. The number of carbonyl (C=O) groups excluding carboxylic acids is 1. The molecule has 1 N–H and O–H groups in total. The van der Waals surface area contributed by atoms with Crippen LogP contribution >= 0.6 is 0 Å². The van der Waals surface area contributed by atoms with E-state index in [-0.39, 0.29) is 5.69 Å². The predicted molar refractivity (Wildman–Crippen MR) is 112 cm³/mol. The van der Waals surface area contributed by atoms with E-state index in [1.54, 1.807) is 23.0 Å². The Morgan fingerprint density at radius 3 is 2.41 bits per heavy atom. The molecular weight excluding hydrogens is 365 g/mol. The molecule has 0 saturated heterocycles. The van der Waals surface area contributed by atoms with Gasteiger partial charge < -0.3 is 5.32 Å². The van der Waals surface area contributed by atoms with Gasteiger partial charge in [0.05, 0.1) is 17.8 Å². The minimum Gasteiger partial charge on any atom is -0.319 e. The summed E-state index contributed by atoms with van der Waals surface area (Å²) in [6, 6.07) is 24.0. The zero-order chi connectivity index (χ0) is 20.2. The molecular formula is C24H20FN3O. The van der Waals surface area contributed by atoms with Crippen LogP contribution in [-0.2, 0) is 6.54 Å². The van der Waals surface area contributed by atoms with E-state index in [1.807, 2.05) is 67.6 Å². The third kappa shape index (κ3) is 4.24. The quantitative estimate of drug-likeness (QED) is 0.507. The van der Waals surface area contributed by atoms with Gasteiger partial charge in [-0.3, -0.25) is 9.48 Å². The molecule has 1 amide bonds. The SMILES string of the molecule is Cc1ccc(F)c(NC(=O)c2cn(Cc3ccccc3)nc2-c2ccccc2)c1. The van der Waals surface area contributed by atoms with Gasteiger partial charge in [0.15, 0.2) is 0 Å². The summed E-state index contributed by atoms with van der Waals surface area (Å²) in [5.41, 5.74) is 3.88. The van der Waals surface area contributed by atoms with Gasteiger partial charge in [-0.2, -0.15) is 5.10 Å². The first-order chi connectivity index (χ1) is 14.1. The summed E-state index contributed by atoms with van der Waals surface area (Å²) in [5.74, 6) is -0.866. The van der Waals surface area contributed by atoms with Gasteiger partial charge in [0, 0.05) is 11.8 Å². The van der Waals surface area contributed by atoms with E-state index in [2.05, 4.69) is 10.4 Å². The van der Waals surface area contributed by atoms with Crippen LogP contribution < -0.4 is 5.32 Å². The van der Waals surface area contributed by atoms with E-state index in [4.69, 9.17) is 0 Å². The first-order valence-electron chi connectivity index (χ1n) is 9.34.